The maximum Gasteiger partial charge on any atom is 0.134 e. The molecule has 0 fully saturated rings. The van der Waals surface area contributed by atoms with Gasteiger partial charge in [-0.1, -0.05) is 20.3 Å². The van der Waals surface area contributed by atoms with Gasteiger partial charge in [0.05, 0.1) is 11.6 Å². The summed E-state index contributed by atoms with van der Waals surface area (Å²) in [6.07, 6.45) is 1.67. The van der Waals surface area contributed by atoms with Gasteiger partial charge in [-0.05, 0) is 13.0 Å². The third-order valence-corrected chi connectivity index (χ3v) is 3.01. The summed E-state index contributed by atoms with van der Waals surface area (Å²) in [5.41, 5.74) is 0.465. The van der Waals surface area contributed by atoms with Gasteiger partial charge in [0.25, 0.3) is 0 Å². The molecule has 1 aromatic carbocycles. The number of hydrogen-bond donors (Lipinski definition) is 1. The van der Waals surface area contributed by atoms with Crippen LogP contribution in [0.2, 0.25) is 0 Å². The van der Waals surface area contributed by atoms with Crippen LogP contribution in [-0.4, -0.2) is 12.6 Å². The molecule has 1 heterocycles. The smallest absolute Gasteiger partial charge is 0.134 e. The Kier molecular flexibility index (Phi) is 3.62. The van der Waals surface area contributed by atoms with Gasteiger partial charge in [-0.3, -0.25) is 0 Å². The maximum atomic E-state index is 13.8. The van der Waals surface area contributed by atoms with E-state index in [1.165, 1.54) is 6.07 Å². The first-order valence-electron chi connectivity index (χ1n) is 6.06. The van der Waals surface area contributed by atoms with Gasteiger partial charge in [0.15, 0.2) is 0 Å². The molecule has 94 valence electrons. The first kappa shape index (κ1) is 12.3. The number of ether oxygens (including phenoxy) is 1. The predicted octanol–water partition coefficient (Wildman–Crippen LogP) is 3.18. The molecular formula is C13H17F2NO. The fourth-order valence-electron chi connectivity index (χ4n) is 2.34. The molecule has 0 radical (unpaired) electrons. The van der Waals surface area contributed by atoms with E-state index in [9.17, 15) is 8.78 Å². The van der Waals surface area contributed by atoms with E-state index in [1.54, 1.807) is 0 Å². The van der Waals surface area contributed by atoms with E-state index < -0.39 is 11.6 Å². The Balaban J connectivity index is 2.36. The molecule has 0 bridgehead atoms. The summed E-state index contributed by atoms with van der Waals surface area (Å²) in [5, 5.41) is 3.21. The Bertz CT molecular complexity index is 409. The van der Waals surface area contributed by atoms with Crippen molar-refractivity contribution in [3.05, 3.63) is 29.3 Å². The minimum Gasteiger partial charge on any atom is -0.488 e. The van der Waals surface area contributed by atoms with Crippen molar-refractivity contribution in [1.29, 1.82) is 0 Å². The Morgan fingerprint density at radius 3 is 2.71 bits per heavy atom. The molecule has 1 N–H and O–H groups in total. The Morgan fingerprint density at radius 1 is 1.29 bits per heavy atom. The summed E-state index contributed by atoms with van der Waals surface area (Å²) in [5.74, 6) is -0.773. The number of fused-ring (bicyclic) bond motifs is 1. The van der Waals surface area contributed by atoms with Crippen LogP contribution < -0.4 is 10.1 Å². The van der Waals surface area contributed by atoms with E-state index in [4.69, 9.17) is 4.74 Å². The number of hydrogen-bond acceptors (Lipinski definition) is 2. The van der Waals surface area contributed by atoms with Crippen molar-refractivity contribution in [2.75, 3.05) is 6.54 Å². The second-order valence-electron chi connectivity index (χ2n) is 4.28. The molecule has 0 saturated heterocycles. The third kappa shape index (κ3) is 2.27. The normalized spacial score (nSPS) is 22.4. The van der Waals surface area contributed by atoms with Crippen LogP contribution in [0.3, 0.4) is 0 Å². The predicted molar refractivity (Wildman–Crippen MR) is 62.1 cm³/mol. The van der Waals surface area contributed by atoms with E-state index in [0.717, 1.165) is 25.5 Å². The summed E-state index contributed by atoms with van der Waals surface area (Å²) in [6.45, 7) is 4.74. The zero-order valence-electron chi connectivity index (χ0n) is 10.1. The minimum absolute atomic E-state index is 0.105. The third-order valence-electron chi connectivity index (χ3n) is 3.01. The van der Waals surface area contributed by atoms with E-state index in [0.29, 0.717) is 11.3 Å². The Hall–Kier alpha value is -1.16. The van der Waals surface area contributed by atoms with Crippen molar-refractivity contribution in [2.45, 2.75) is 38.8 Å². The molecule has 2 rings (SSSR count). The highest BCUT2D eigenvalue weighted by atomic mass is 19.1. The van der Waals surface area contributed by atoms with Crippen LogP contribution in [0.25, 0.3) is 0 Å². The lowest BCUT2D eigenvalue weighted by molar-refractivity contribution is 0.178. The molecule has 2 nitrogen and oxygen atoms in total. The SMILES string of the molecule is CCCC1Oc2cc(F)cc(F)c2C1NCC. The van der Waals surface area contributed by atoms with Gasteiger partial charge in [-0.2, -0.15) is 0 Å². The highest BCUT2D eigenvalue weighted by Crippen LogP contribution is 2.40. The molecule has 2 atom stereocenters. The van der Waals surface area contributed by atoms with E-state index in [2.05, 4.69) is 5.32 Å². The summed E-state index contributed by atoms with van der Waals surface area (Å²) in [6, 6.07) is 2.01. The van der Waals surface area contributed by atoms with Gasteiger partial charge in [-0.25, -0.2) is 8.78 Å². The van der Waals surface area contributed by atoms with Crippen molar-refractivity contribution in [3.8, 4) is 5.75 Å². The topological polar surface area (TPSA) is 21.3 Å². The molecule has 1 aromatic rings. The second-order valence-corrected chi connectivity index (χ2v) is 4.28. The number of likely N-dealkylation sites (N-methyl/N-ethyl adjacent to an activating group) is 1. The average molecular weight is 241 g/mol. The number of benzene rings is 1. The van der Waals surface area contributed by atoms with Crippen molar-refractivity contribution in [2.24, 2.45) is 0 Å². The van der Waals surface area contributed by atoms with Crippen molar-refractivity contribution in [3.63, 3.8) is 0 Å². The summed E-state index contributed by atoms with van der Waals surface area (Å²) in [7, 11) is 0. The molecule has 1 aliphatic rings. The Labute approximate surface area is 100.0 Å². The lowest BCUT2D eigenvalue weighted by Crippen LogP contribution is -2.31. The highest BCUT2D eigenvalue weighted by molar-refractivity contribution is 5.42. The standard InChI is InChI=1S/C13H17F2NO/c1-3-5-10-13(16-4-2)12-9(15)6-8(14)7-11(12)17-10/h6-7,10,13,16H,3-5H2,1-2H3. The van der Waals surface area contributed by atoms with Gasteiger partial charge in [0.2, 0.25) is 0 Å². The molecule has 0 aromatic heterocycles. The quantitative estimate of drug-likeness (QED) is 0.874. The van der Waals surface area contributed by atoms with E-state index in [1.807, 2.05) is 13.8 Å². The van der Waals surface area contributed by atoms with Crippen LogP contribution in [0.15, 0.2) is 12.1 Å². The minimum atomic E-state index is -0.589. The van der Waals surface area contributed by atoms with Crippen LogP contribution >= 0.6 is 0 Å². The first-order valence-corrected chi connectivity index (χ1v) is 6.06. The zero-order valence-corrected chi connectivity index (χ0v) is 10.1. The van der Waals surface area contributed by atoms with E-state index >= 15 is 0 Å². The lowest BCUT2D eigenvalue weighted by Gasteiger charge is -2.19. The fourth-order valence-corrected chi connectivity index (χ4v) is 2.34. The van der Waals surface area contributed by atoms with Gasteiger partial charge in [0, 0.05) is 12.1 Å². The van der Waals surface area contributed by atoms with Crippen LogP contribution in [0.5, 0.6) is 5.75 Å². The van der Waals surface area contributed by atoms with Gasteiger partial charge in [0.1, 0.15) is 23.5 Å². The number of nitrogens with one attached hydrogen (secondary N) is 1. The van der Waals surface area contributed by atoms with Crippen LogP contribution in [-0.2, 0) is 0 Å². The molecular weight excluding hydrogens is 224 g/mol. The molecule has 0 saturated carbocycles. The van der Waals surface area contributed by atoms with Crippen LogP contribution in [0.4, 0.5) is 8.78 Å². The van der Waals surface area contributed by atoms with Gasteiger partial charge >= 0.3 is 0 Å². The molecule has 17 heavy (non-hydrogen) atoms. The maximum absolute atomic E-state index is 13.8. The summed E-state index contributed by atoms with van der Waals surface area (Å²) in [4.78, 5) is 0. The zero-order chi connectivity index (χ0) is 12.4. The molecule has 0 spiro atoms. The summed E-state index contributed by atoms with van der Waals surface area (Å²) >= 11 is 0. The average Bonchev–Trinajstić information content (AvgIpc) is 2.58. The first-order chi connectivity index (χ1) is 8.17. The fraction of sp³-hybridized carbons (Fsp3) is 0.538. The molecule has 0 amide bonds. The molecule has 4 heteroatoms. The van der Waals surface area contributed by atoms with Crippen molar-refractivity contribution >= 4 is 0 Å². The highest BCUT2D eigenvalue weighted by Gasteiger charge is 2.36. The molecule has 2 unspecified atom stereocenters. The second kappa shape index (κ2) is 5.00. The van der Waals surface area contributed by atoms with E-state index in [-0.39, 0.29) is 12.1 Å². The van der Waals surface area contributed by atoms with Gasteiger partial charge in [-0.15, -0.1) is 0 Å². The molecule has 1 aliphatic heterocycles. The lowest BCUT2D eigenvalue weighted by atomic mass is 10.00. The molecule has 0 aliphatic carbocycles. The summed E-state index contributed by atoms with van der Waals surface area (Å²) < 4.78 is 32.5. The van der Waals surface area contributed by atoms with Crippen LogP contribution in [0.1, 0.15) is 38.3 Å². The number of rotatable bonds is 4. The monoisotopic (exact) mass is 241 g/mol. The number of halogens is 2. The van der Waals surface area contributed by atoms with Gasteiger partial charge < -0.3 is 10.1 Å². The largest absolute Gasteiger partial charge is 0.488 e. The Morgan fingerprint density at radius 2 is 2.06 bits per heavy atom. The van der Waals surface area contributed by atoms with Crippen LogP contribution in [0, 0.1) is 11.6 Å². The van der Waals surface area contributed by atoms with Crippen molar-refractivity contribution in [1.82, 2.24) is 5.32 Å². The van der Waals surface area contributed by atoms with Crippen molar-refractivity contribution < 1.29 is 13.5 Å².